The first-order valence-electron chi connectivity index (χ1n) is 6.78. The smallest absolute Gasteiger partial charge is 0.138 e. The van der Waals surface area contributed by atoms with Crippen molar-refractivity contribution in [3.63, 3.8) is 0 Å². The zero-order valence-corrected chi connectivity index (χ0v) is 11.8. The van der Waals surface area contributed by atoms with Gasteiger partial charge in [0, 0.05) is 31.5 Å². The van der Waals surface area contributed by atoms with Crippen LogP contribution in [0.4, 0.5) is 0 Å². The molecule has 0 amide bonds. The molecule has 0 radical (unpaired) electrons. The number of nitrogens with zero attached hydrogens (tertiary/aromatic N) is 2. The molecule has 0 aromatic carbocycles. The van der Waals surface area contributed by atoms with Gasteiger partial charge < -0.3 is 9.64 Å². The Kier molecular flexibility index (Phi) is 2.62. The average molecular weight is 309 g/mol. The van der Waals surface area contributed by atoms with Gasteiger partial charge in [0.05, 0.1) is 6.20 Å². The minimum Gasteiger partial charge on any atom is -0.488 e. The molecule has 3 aliphatic heterocycles. The lowest BCUT2D eigenvalue weighted by molar-refractivity contribution is -0.0985. The van der Waals surface area contributed by atoms with Crippen LogP contribution in [0, 0.1) is 17.8 Å². The molecule has 3 saturated heterocycles. The molecular formula is C14H17BrN2O. The summed E-state index contributed by atoms with van der Waals surface area (Å²) in [6, 6.07) is 3.97. The van der Waals surface area contributed by atoms with E-state index in [0.717, 1.165) is 28.1 Å². The van der Waals surface area contributed by atoms with Crippen LogP contribution in [0.15, 0.2) is 22.9 Å². The minimum absolute atomic E-state index is 0.417. The number of halogens is 1. The SMILES string of the molecule is Brc1ccc(OC2[C@H]3CC4C[C@H]2CN(C4)C3)cn1. The quantitative estimate of drug-likeness (QED) is 0.785. The van der Waals surface area contributed by atoms with Gasteiger partial charge in [0.25, 0.3) is 0 Å². The highest BCUT2D eigenvalue weighted by atomic mass is 79.9. The van der Waals surface area contributed by atoms with Gasteiger partial charge in [-0.05, 0) is 46.8 Å². The Hall–Kier alpha value is -0.610. The van der Waals surface area contributed by atoms with Crippen LogP contribution in [-0.2, 0) is 0 Å². The van der Waals surface area contributed by atoms with Gasteiger partial charge in [-0.3, -0.25) is 0 Å². The lowest BCUT2D eigenvalue weighted by Crippen LogP contribution is -2.61. The average Bonchev–Trinajstić information content (AvgIpc) is 2.35. The van der Waals surface area contributed by atoms with Gasteiger partial charge in [-0.15, -0.1) is 0 Å². The maximum Gasteiger partial charge on any atom is 0.138 e. The second-order valence-corrected chi connectivity index (χ2v) is 6.79. The first kappa shape index (κ1) is 11.2. The molecule has 4 fully saturated rings. The fourth-order valence-corrected chi connectivity index (χ4v) is 4.38. The van der Waals surface area contributed by atoms with E-state index >= 15 is 0 Å². The molecule has 5 rings (SSSR count). The Bertz CT molecular complexity index is 420. The lowest BCUT2D eigenvalue weighted by atomic mass is 9.66. The monoisotopic (exact) mass is 308 g/mol. The second kappa shape index (κ2) is 4.20. The molecule has 2 atom stereocenters. The van der Waals surface area contributed by atoms with Crippen LogP contribution in [-0.4, -0.2) is 35.6 Å². The third-order valence-electron chi connectivity index (χ3n) is 4.68. The fourth-order valence-electron chi connectivity index (χ4n) is 4.15. The van der Waals surface area contributed by atoms with Crippen molar-refractivity contribution in [1.82, 2.24) is 9.88 Å². The topological polar surface area (TPSA) is 25.4 Å². The number of ether oxygens (including phenoxy) is 1. The van der Waals surface area contributed by atoms with Gasteiger partial charge in [-0.1, -0.05) is 0 Å². The largest absolute Gasteiger partial charge is 0.488 e. The van der Waals surface area contributed by atoms with Crippen molar-refractivity contribution in [1.29, 1.82) is 0 Å². The highest BCUT2D eigenvalue weighted by Gasteiger charge is 2.48. The van der Waals surface area contributed by atoms with Gasteiger partial charge in [-0.2, -0.15) is 0 Å². The van der Waals surface area contributed by atoms with E-state index in [-0.39, 0.29) is 0 Å². The molecule has 1 aromatic rings. The van der Waals surface area contributed by atoms with Gasteiger partial charge in [0.1, 0.15) is 16.5 Å². The summed E-state index contributed by atoms with van der Waals surface area (Å²) in [6.07, 6.45) is 4.97. The summed E-state index contributed by atoms with van der Waals surface area (Å²) in [7, 11) is 0. The normalized spacial score (nSPS) is 41.1. The summed E-state index contributed by atoms with van der Waals surface area (Å²) >= 11 is 3.36. The summed E-state index contributed by atoms with van der Waals surface area (Å²) in [5, 5.41) is 0. The van der Waals surface area contributed by atoms with E-state index in [1.807, 2.05) is 18.3 Å². The molecule has 4 aliphatic rings. The van der Waals surface area contributed by atoms with Crippen molar-refractivity contribution in [2.45, 2.75) is 18.9 Å². The molecule has 18 heavy (non-hydrogen) atoms. The van der Waals surface area contributed by atoms with Crippen LogP contribution < -0.4 is 4.74 Å². The third kappa shape index (κ3) is 1.86. The van der Waals surface area contributed by atoms with Crippen molar-refractivity contribution < 1.29 is 4.74 Å². The van der Waals surface area contributed by atoms with Gasteiger partial charge in [0.15, 0.2) is 0 Å². The molecule has 3 nitrogen and oxygen atoms in total. The molecule has 1 aliphatic carbocycles. The number of pyridine rings is 1. The molecule has 1 saturated carbocycles. The number of hydrogen-bond donors (Lipinski definition) is 0. The van der Waals surface area contributed by atoms with E-state index < -0.39 is 0 Å². The first-order valence-corrected chi connectivity index (χ1v) is 7.58. The lowest BCUT2D eigenvalue weighted by Gasteiger charge is -2.55. The standard InChI is InChI=1S/C14H17BrN2O/c15-13-2-1-12(5-16-13)18-14-10-3-9-4-11(14)8-17(6-9)7-10/h1-2,5,9-11,14H,3-4,6-8H2/t9?,10-,11-,14?/m0/s1. The predicted octanol–water partition coefficient (Wildman–Crippen LogP) is 2.56. The van der Waals surface area contributed by atoms with Crippen LogP contribution in [0.25, 0.3) is 0 Å². The van der Waals surface area contributed by atoms with Crippen molar-refractivity contribution >= 4 is 15.9 Å². The molecule has 4 heteroatoms. The predicted molar refractivity (Wildman–Crippen MR) is 72.5 cm³/mol. The number of piperidine rings is 3. The molecule has 1 aromatic heterocycles. The molecule has 0 N–H and O–H groups in total. The summed E-state index contributed by atoms with van der Waals surface area (Å²) in [5.41, 5.74) is 0. The first-order chi connectivity index (χ1) is 8.78. The van der Waals surface area contributed by atoms with Gasteiger partial charge >= 0.3 is 0 Å². The van der Waals surface area contributed by atoms with Crippen molar-refractivity contribution in [2.75, 3.05) is 19.6 Å². The van der Waals surface area contributed by atoms with E-state index in [1.54, 1.807) is 0 Å². The zero-order valence-electron chi connectivity index (χ0n) is 10.3. The summed E-state index contributed by atoms with van der Waals surface area (Å²) < 4.78 is 7.10. The summed E-state index contributed by atoms with van der Waals surface area (Å²) in [6.45, 7) is 3.81. The van der Waals surface area contributed by atoms with E-state index in [9.17, 15) is 0 Å². The van der Waals surface area contributed by atoms with Crippen molar-refractivity contribution in [2.24, 2.45) is 17.8 Å². The van der Waals surface area contributed by atoms with Crippen LogP contribution in [0.2, 0.25) is 0 Å². The maximum absolute atomic E-state index is 6.24. The molecule has 96 valence electrons. The molecule has 4 bridgehead atoms. The summed E-state index contributed by atoms with van der Waals surface area (Å²) in [4.78, 5) is 6.88. The second-order valence-electron chi connectivity index (χ2n) is 5.98. The number of hydrogen-bond acceptors (Lipinski definition) is 3. The Morgan fingerprint density at radius 3 is 2.56 bits per heavy atom. The van der Waals surface area contributed by atoms with Crippen LogP contribution >= 0.6 is 15.9 Å². The van der Waals surface area contributed by atoms with Crippen LogP contribution in [0.3, 0.4) is 0 Å². The third-order valence-corrected chi connectivity index (χ3v) is 5.14. The van der Waals surface area contributed by atoms with Crippen molar-refractivity contribution in [3.05, 3.63) is 22.9 Å². The van der Waals surface area contributed by atoms with Gasteiger partial charge in [-0.25, -0.2) is 4.98 Å². The Balaban J connectivity index is 1.53. The van der Waals surface area contributed by atoms with Crippen LogP contribution in [0.1, 0.15) is 12.8 Å². The highest BCUT2D eigenvalue weighted by Crippen LogP contribution is 2.44. The minimum atomic E-state index is 0.417. The maximum atomic E-state index is 6.24. The Morgan fingerprint density at radius 2 is 1.94 bits per heavy atom. The molecule has 0 unspecified atom stereocenters. The van der Waals surface area contributed by atoms with E-state index in [4.69, 9.17) is 4.74 Å². The fraction of sp³-hybridized carbons (Fsp3) is 0.643. The Labute approximate surface area is 116 Å². The molecule has 0 spiro atoms. The number of rotatable bonds is 2. The van der Waals surface area contributed by atoms with E-state index in [1.165, 1.54) is 32.5 Å². The molecule has 4 heterocycles. The number of aromatic nitrogens is 1. The van der Waals surface area contributed by atoms with Crippen molar-refractivity contribution in [3.8, 4) is 5.75 Å². The van der Waals surface area contributed by atoms with Crippen LogP contribution in [0.5, 0.6) is 5.75 Å². The van der Waals surface area contributed by atoms with E-state index in [2.05, 4.69) is 25.8 Å². The van der Waals surface area contributed by atoms with Gasteiger partial charge in [0.2, 0.25) is 0 Å². The highest BCUT2D eigenvalue weighted by molar-refractivity contribution is 9.10. The Morgan fingerprint density at radius 1 is 1.17 bits per heavy atom. The summed E-state index contributed by atoms with van der Waals surface area (Å²) in [5.74, 6) is 3.33. The zero-order chi connectivity index (χ0) is 12.1. The van der Waals surface area contributed by atoms with E-state index in [0.29, 0.717) is 6.10 Å². The molecular weight excluding hydrogens is 292 g/mol.